The molecule has 34 heavy (non-hydrogen) atoms. The van der Waals surface area contributed by atoms with E-state index in [0.717, 1.165) is 17.7 Å². The van der Waals surface area contributed by atoms with Gasteiger partial charge in [0.2, 0.25) is 0 Å². The van der Waals surface area contributed by atoms with Crippen molar-refractivity contribution < 1.29 is 24.2 Å². The Morgan fingerprint density at radius 1 is 1.03 bits per heavy atom. The van der Waals surface area contributed by atoms with Crippen LogP contribution in [0.5, 0.6) is 11.5 Å². The number of nitrogens with zero attached hydrogens (tertiary/aromatic N) is 2. The largest absolute Gasteiger partial charge is 0.507 e. The lowest BCUT2D eigenvalue weighted by Gasteiger charge is -2.26. The smallest absolute Gasteiger partial charge is 0.295 e. The van der Waals surface area contributed by atoms with Crippen molar-refractivity contribution in [3.63, 3.8) is 0 Å². The second kappa shape index (κ2) is 11.2. The van der Waals surface area contributed by atoms with Gasteiger partial charge in [-0.3, -0.25) is 9.59 Å². The topological polar surface area (TPSA) is 79.3 Å². The number of aliphatic hydroxyl groups excluding tert-OH is 1. The number of likely N-dealkylation sites (N-methyl/N-ethyl adjacent to an activating group) is 1. The molecule has 0 spiro atoms. The van der Waals surface area contributed by atoms with Crippen molar-refractivity contribution in [3.8, 4) is 11.5 Å². The summed E-state index contributed by atoms with van der Waals surface area (Å²) in [4.78, 5) is 29.6. The number of hydrogen-bond donors (Lipinski definition) is 1. The van der Waals surface area contributed by atoms with E-state index >= 15 is 0 Å². The number of benzene rings is 2. The van der Waals surface area contributed by atoms with Crippen LogP contribution in [0.3, 0.4) is 0 Å². The van der Waals surface area contributed by atoms with E-state index in [1.807, 2.05) is 64.0 Å². The van der Waals surface area contributed by atoms with Crippen LogP contribution in [-0.4, -0.2) is 66.5 Å². The number of carbonyl (C=O) groups excluding carboxylic acids is 2. The maximum atomic E-state index is 13.1. The summed E-state index contributed by atoms with van der Waals surface area (Å²) < 4.78 is 11.3. The van der Waals surface area contributed by atoms with Crippen LogP contribution in [0.25, 0.3) is 5.76 Å². The van der Waals surface area contributed by atoms with E-state index in [1.54, 1.807) is 24.3 Å². The van der Waals surface area contributed by atoms with Crippen molar-refractivity contribution in [3.05, 3.63) is 65.2 Å². The maximum Gasteiger partial charge on any atom is 0.295 e. The number of aliphatic hydroxyl groups is 1. The number of rotatable bonds is 10. The van der Waals surface area contributed by atoms with Crippen molar-refractivity contribution >= 4 is 17.4 Å². The normalized spacial score (nSPS) is 17.6. The first-order valence-electron chi connectivity index (χ1n) is 11.7. The molecule has 3 rings (SSSR count). The fourth-order valence-corrected chi connectivity index (χ4v) is 3.85. The van der Waals surface area contributed by atoms with Crippen molar-refractivity contribution in [1.29, 1.82) is 0 Å². The van der Waals surface area contributed by atoms with Crippen LogP contribution < -0.4 is 9.47 Å². The Bertz CT molecular complexity index is 1030. The summed E-state index contributed by atoms with van der Waals surface area (Å²) in [6.45, 7) is 7.45. The molecule has 1 heterocycles. The third-order valence-electron chi connectivity index (χ3n) is 5.50. The summed E-state index contributed by atoms with van der Waals surface area (Å²) in [7, 11) is 3.82. The van der Waals surface area contributed by atoms with E-state index in [2.05, 4.69) is 0 Å². The third kappa shape index (κ3) is 5.78. The van der Waals surface area contributed by atoms with Crippen LogP contribution in [0.2, 0.25) is 0 Å². The third-order valence-corrected chi connectivity index (χ3v) is 5.50. The summed E-state index contributed by atoms with van der Waals surface area (Å²) in [5.41, 5.74) is 1.28. The quantitative estimate of drug-likeness (QED) is 0.320. The molecule has 0 bridgehead atoms. The van der Waals surface area contributed by atoms with Gasteiger partial charge >= 0.3 is 0 Å². The van der Waals surface area contributed by atoms with Crippen LogP contribution in [0.1, 0.15) is 44.4 Å². The highest BCUT2D eigenvalue weighted by molar-refractivity contribution is 6.46. The number of carbonyl (C=O) groups is 2. The number of amides is 1. The fraction of sp³-hybridized carbons (Fsp3) is 0.407. The molecule has 1 fully saturated rings. The van der Waals surface area contributed by atoms with E-state index in [0.29, 0.717) is 31.0 Å². The van der Waals surface area contributed by atoms with Crippen LogP contribution in [0.4, 0.5) is 0 Å². The summed E-state index contributed by atoms with van der Waals surface area (Å²) in [5, 5.41) is 11.2. The molecule has 1 amide bonds. The molecule has 7 nitrogen and oxygen atoms in total. The monoisotopic (exact) mass is 466 g/mol. The van der Waals surface area contributed by atoms with Crippen molar-refractivity contribution in [1.82, 2.24) is 9.80 Å². The molecular formula is C27H34N2O5. The number of likely N-dealkylation sites (tertiary alicyclic amines) is 1. The minimum absolute atomic E-state index is 0.0192. The molecule has 1 N–H and O–H groups in total. The predicted octanol–water partition coefficient (Wildman–Crippen LogP) is 4.25. The van der Waals surface area contributed by atoms with Crippen LogP contribution in [-0.2, 0) is 9.59 Å². The van der Waals surface area contributed by atoms with Crippen LogP contribution in [0, 0.1) is 0 Å². The van der Waals surface area contributed by atoms with Gasteiger partial charge in [0.15, 0.2) is 0 Å². The van der Waals surface area contributed by atoms with Crippen molar-refractivity contribution in [2.75, 3.05) is 33.8 Å². The zero-order valence-corrected chi connectivity index (χ0v) is 20.6. The molecule has 0 saturated carbocycles. The molecule has 2 aromatic carbocycles. The lowest BCUT2D eigenvalue weighted by molar-refractivity contribution is -0.140. The minimum atomic E-state index is -0.688. The first-order valence-corrected chi connectivity index (χ1v) is 11.7. The van der Waals surface area contributed by atoms with Gasteiger partial charge in [0.05, 0.1) is 24.3 Å². The van der Waals surface area contributed by atoms with Crippen molar-refractivity contribution in [2.24, 2.45) is 0 Å². The van der Waals surface area contributed by atoms with Gasteiger partial charge in [0.1, 0.15) is 17.3 Å². The Labute approximate surface area is 201 Å². The molecule has 0 aromatic heterocycles. The first-order chi connectivity index (χ1) is 16.2. The highest BCUT2D eigenvalue weighted by atomic mass is 16.5. The van der Waals surface area contributed by atoms with Gasteiger partial charge in [-0.1, -0.05) is 19.1 Å². The second-order valence-electron chi connectivity index (χ2n) is 8.90. The van der Waals surface area contributed by atoms with E-state index in [9.17, 15) is 14.7 Å². The lowest BCUT2D eigenvalue weighted by atomic mass is 9.95. The van der Waals surface area contributed by atoms with Gasteiger partial charge in [0, 0.05) is 18.7 Å². The van der Waals surface area contributed by atoms with Gasteiger partial charge in [-0.25, -0.2) is 0 Å². The summed E-state index contributed by atoms with van der Waals surface area (Å²) in [6, 6.07) is 13.5. The Morgan fingerprint density at radius 3 is 2.21 bits per heavy atom. The average Bonchev–Trinajstić information content (AvgIpc) is 3.06. The molecule has 1 aliphatic heterocycles. The number of ketones is 1. The van der Waals surface area contributed by atoms with Gasteiger partial charge in [-0.05, 0) is 76.3 Å². The molecule has 1 unspecified atom stereocenters. The lowest BCUT2D eigenvalue weighted by Crippen LogP contribution is -2.35. The standard InChI is InChI=1S/C27H34N2O5/c1-6-17-33-21-11-7-19(8-12-21)24-23(26(31)27(32)29(24)16-15-28(4)5)25(30)20-9-13-22(14-10-20)34-18(2)3/h7-14,18,24,30H,6,15-17H2,1-5H3/b25-23-. The Morgan fingerprint density at radius 2 is 1.65 bits per heavy atom. The summed E-state index contributed by atoms with van der Waals surface area (Å²) in [6.07, 6.45) is 0.915. The zero-order valence-electron chi connectivity index (χ0n) is 20.6. The molecule has 7 heteroatoms. The Kier molecular flexibility index (Phi) is 8.34. The molecule has 2 aromatic rings. The van der Waals surface area contributed by atoms with Crippen LogP contribution in [0.15, 0.2) is 54.1 Å². The van der Waals surface area contributed by atoms with Gasteiger partial charge < -0.3 is 24.4 Å². The van der Waals surface area contributed by atoms with E-state index in [-0.39, 0.29) is 17.4 Å². The van der Waals surface area contributed by atoms with Crippen LogP contribution >= 0.6 is 0 Å². The molecule has 0 aliphatic carbocycles. The van der Waals surface area contributed by atoms with E-state index in [1.165, 1.54) is 4.90 Å². The zero-order chi connectivity index (χ0) is 24.8. The summed E-state index contributed by atoms with van der Waals surface area (Å²) >= 11 is 0. The number of hydrogen-bond acceptors (Lipinski definition) is 6. The molecule has 1 saturated heterocycles. The highest BCUT2D eigenvalue weighted by Crippen LogP contribution is 2.39. The summed E-state index contributed by atoms with van der Waals surface area (Å²) in [5.74, 6) is -0.110. The molecular weight excluding hydrogens is 432 g/mol. The Balaban J connectivity index is 2.03. The molecule has 182 valence electrons. The Hall–Kier alpha value is -3.32. The van der Waals surface area contributed by atoms with E-state index in [4.69, 9.17) is 9.47 Å². The van der Waals surface area contributed by atoms with E-state index < -0.39 is 17.7 Å². The van der Waals surface area contributed by atoms with Crippen molar-refractivity contribution in [2.45, 2.75) is 39.3 Å². The number of ether oxygens (including phenoxy) is 2. The maximum absolute atomic E-state index is 13.1. The molecule has 1 atom stereocenters. The SMILES string of the molecule is CCCOc1ccc(C2/C(=C(/O)c3ccc(OC(C)C)cc3)C(=O)C(=O)N2CCN(C)C)cc1. The predicted molar refractivity (Wildman–Crippen MR) is 132 cm³/mol. The number of Topliss-reactive ketones (excluding diaryl/α,β-unsaturated/α-hetero) is 1. The molecule has 0 radical (unpaired) electrons. The first kappa shape index (κ1) is 25.3. The van der Waals surface area contributed by atoms with Gasteiger partial charge in [-0.15, -0.1) is 0 Å². The molecule has 1 aliphatic rings. The fourth-order valence-electron chi connectivity index (χ4n) is 3.85. The van der Waals surface area contributed by atoms with Gasteiger partial charge in [-0.2, -0.15) is 0 Å². The average molecular weight is 467 g/mol. The second-order valence-corrected chi connectivity index (χ2v) is 8.90. The minimum Gasteiger partial charge on any atom is -0.507 e. The highest BCUT2D eigenvalue weighted by Gasteiger charge is 2.45. The van der Waals surface area contributed by atoms with Gasteiger partial charge in [0.25, 0.3) is 11.7 Å².